The number of benzene rings is 2. The third kappa shape index (κ3) is 4.37. The van der Waals surface area contributed by atoms with E-state index in [1.807, 2.05) is 60.7 Å². The third-order valence-corrected chi connectivity index (χ3v) is 3.83. The number of rotatable bonds is 6. The molecular formula is C19H19Cl2NO. The highest BCUT2D eigenvalue weighted by molar-refractivity contribution is 6.57. The van der Waals surface area contributed by atoms with Crippen LogP contribution in [0.15, 0.2) is 73.3 Å². The average Bonchev–Trinajstić information content (AvgIpc) is 2.55. The monoisotopic (exact) mass is 347 g/mol. The molecule has 0 saturated carbocycles. The summed E-state index contributed by atoms with van der Waals surface area (Å²) in [4.78, 5) is 14.4. The van der Waals surface area contributed by atoms with Crippen molar-refractivity contribution in [2.24, 2.45) is 0 Å². The normalized spacial score (nSPS) is 11.3. The second-order valence-corrected chi connectivity index (χ2v) is 7.06. The fraction of sp³-hybridized carbons (Fsp3) is 0.211. The number of amides is 1. The summed E-state index contributed by atoms with van der Waals surface area (Å²) >= 11 is 12.1. The second kappa shape index (κ2) is 7.67. The molecule has 0 aliphatic rings. The minimum atomic E-state index is -1.50. The Bertz CT molecular complexity index is 611. The molecule has 2 rings (SSSR count). The van der Waals surface area contributed by atoms with Gasteiger partial charge in [0.15, 0.2) is 4.33 Å². The van der Waals surface area contributed by atoms with Crippen LogP contribution in [-0.4, -0.2) is 21.7 Å². The van der Waals surface area contributed by atoms with Gasteiger partial charge in [0.2, 0.25) is 0 Å². The molecule has 0 aliphatic carbocycles. The van der Waals surface area contributed by atoms with Gasteiger partial charge in [-0.3, -0.25) is 4.79 Å². The Morgan fingerprint density at radius 3 is 1.87 bits per heavy atom. The zero-order chi connectivity index (χ0) is 16.9. The maximum Gasteiger partial charge on any atom is 0.259 e. The van der Waals surface area contributed by atoms with Crippen LogP contribution in [0.1, 0.15) is 24.1 Å². The molecule has 2 aromatic carbocycles. The fourth-order valence-electron chi connectivity index (χ4n) is 2.52. The highest BCUT2D eigenvalue weighted by Crippen LogP contribution is 2.33. The van der Waals surface area contributed by atoms with Crippen molar-refractivity contribution < 1.29 is 4.79 Å². The first-order valence-electron chi connectivity index (χ1n) is 7.35. The molecular weight excluding hydrogens is 329 g/mol. The number of carbonyl (C=O) groups excluding carboxylic acids is 1. The number of hydrogen-bond donors (Lipinski definition) is 0. The van der Waals surface area contributed by atoms with Gasteiger partial charge in [0.05, 0.1) is 6.04 Å². The number of carbonyl (C=O) groups is 1. The molecule has 4 heteroatoms. The van der Waals surface area contributed by atoms with Gasteiger partial charge in [0.1, 0.15) is 0 Å². The molecule has 0 fully saturated rings. The van der Waals surface area contributed by atoms with Crippen molar-refractivity contribution >= 4 is 29.1 Å². The smallest absolute Gasteiger partial charge is 0.259 e. The van der Waals surface area contributed by atoms with Crippen LogP contribution < -0.4 is 0 Å². The maximum atomic E-state index is 12.8. The first-order chi connectivity index (χ1) is 10.9. The first-order valence-corrected chi connectivity index (χ1v) is 8.10. The number of nitrogens with zero attached hydrogens (tertiary/aromatic N) is 1. The van der Waals surface area contributed by atoms with Crippen LogP contribution in [-0.2, 0) is 4.79 Å². The molecule has 0 aliphatic heterocycles. The van der Waals surface area contributed by atoms with E-state index < -0.39 is 4.33 Å². The lowest BCUT2D eigenvalue weighted by molar-refractivity contribution is -0.132. The number of alkyl halides is 2. The molecule has 0 aromatic heterocycles. The van der Waals surface area contributed by atoms with Crippen LogP contribution in [0.25, 0.3) is 0 Å². The van der Waals surface area contributed by atoms with Gasteiger partial charge in [-0.15, -0.1) is 6.58 Å². The third-order valence-electron chi connectivity index (χ3n) is 3.50. The molecule has 0 unspecified atom stereocenters. The quantitative estimate of drug-likeness (QED) is 0.532. The summed E-state index contributed by atoms with van der Waals surface area (Å²) in [6.45, 7) is 5.59. The van der Waals surface area contributed by atoms with E-state index in [1.54, 1.807) is 11.0 Å². The lowest BCUT2D eigenvalue weighted by atomic mass is 9.96. The standard InChI is InChI=1S/C19H19Cl2NO/c1-3-14-22(18(23)19(2,20)21)17(15-10-6-4-7-11-15)16-12-8-5-9-13-16/h3-13,17H,1,14H2,2H3. The van der Waals surface area contributed by atoms with E-state index in [0.717, 1.165) is 11.1 Å². The van der Waals surface area contributed by atoms with Gasteiger partial charge < -0.3 is 4.90 Å². The van der Waals surface area contributed by atoms with Crippen molar-refractivity contribution in [2.45, 2.75) is 17.3 Å². The van der Waals surface area contributed by atoms with Crippen LogP contribution in [0.5, 0.6) is 0 Å². The van der Waals surface area contributed by atoms with Gasteiger partial charge in [-0.1, -0.05) is 89.9 Å². The summed E-state index contributed by atoms with van der Waals surface area (Å²) in [7, 11) is 0. The predicted octanol–water partition coefficient (Wildman–Crippen LogP) is 4.98. The lowest BCUT2D eigenvalue weighted by Crippen LogP contribution is -2.43. The largest absolute Gasteiger partial charge is 0.325 e. The maximum absolute atomic E-state index is 12.8. The zero-order valence-electron chi connectivity index (χ0n) is 13.0. The van der Waals surface area contributed by atoms with Crippen LogP contribution >= 0.6 is 23.2 Å². The first kappa shape index (κ1) is 17.6. The van der Waals surface area contributed by atoms with E-state index in [-0.39, 0.29) is 11.9 Å². The van der Waals surface area contributed by atoms with Gasteiger partial charge in [-0.25, -0.2) is 0 Å². The van der Waals surface area contributed by atoms with Crippen LogP contribution in [0.4, 0.5) is 0 Å². The molecule has 120 valence electrons. The van der Waals surface area contributed by atoms with Crippen molar-refractivity contribution in [3.8, 4) is 0 Å². The summed E-state index contributed by atoms with van der Waals surface area (Å²) in [6.07, 6.45) is 1.68. The van der Waals surface area contributed by atoms with Crippen LogP contribution in [0, 0.1) is 0 Å². The van der Waals surface area contributed by atoms with E-state index in [2.05, 4.69) is 6.58 Å². The topological polar surface area (TPSA) is 20.3 Å². The van der Waals surface area contributed by atoms with E-state index in [1.165, 1.54) is 6.92 Å². The number of halogens is 2. The molecule has 23 heavy (non-hydrogen) atoms. The summed E-state index contributed by atoms with van der Waals surface area (Å²) < 4.78 is -1.50. The van der Waals surface area contributed by atoms with E-state index in [4.69, 9.17) is 23.2 Å². The summed E-state index contributed by atoms with van der Waals surface area (Å²) in [5.74, 6) is -0.349. The molecule has 0 N–H and O–H groups in total. The van der Waals surface area contributed by atoms with Crippen molar-refractivity contribution in [2.75, 3.05) is 6.54 Å². The molecule has 0 radical (unpaired) electrons. The van der Waals surface area contributed by atoms with Gasteiger partial charge >= 0.3 is 0 Å². The van der Waals surface area contributed by atoms with Gasteiger partial charge in [0.25, 0.3) is 5.91 Å². The van der Waals surface area contributed by atoms with E-state index in [0.29, 0.717) is 6.54 Å². The van der Waals surface area contributed by atoms with E-state index >= 15 is 0 Å². The van der Waals surface area contributed by atoms with E-state index in [9.17, 15) is 4.79 Å². The molecule has 0 bridgehead atoms. The zero-order valence-corrected chi connectivity index (χ0v) is 14.5. The molecule has 2 nitrogen and oxygen atoms in total. The highest BCUT2D eigenvalue weighted by atomic mass is 35.5. The lowest BCUT2D eigenvalue weighted by Gasteiger charge is -2.34. The molecule has 0 atom stereocenters. The molecule has 0 heterocycles. The SMILES string of the molecule is C=CCN(C(=O)C(C)(Cl)Cl)C(c1ccccc1)c1ccccc1. The van der Waals surface area contributed by atoms with Gasteiger partial charge in [-0.2, -0.15) is 0 Å². The number of hydrogen-bond acceptors (Lipinski definition) is 1. The minimum Gasteiger partial charge on any atom is -0.325 e. The molecule has 2 aromatic rings. The van der Waals surface area contributed by atoms with Crippen molar-refractivity contribution in [3.05, 3.63) is 84.4 Å². The highest BCUT2D eigenvalue weighted by Gasteiger charge is 2.36. The van der Waals surface area contributed by atoms with Crippen molar-refractivity contribution in [3.63, 3.8) is 0 Å². The predicted molar refractivity (Wildman–Crippen MR) is 96.7 cm³/mol. The molecule has 0 spiro atoms. The molecule has 1 amide bonds. The van der Waals surface area contributed by atoms with Crippen LogP contribution in [0.3, 0.4) is 0 Å². The van der Waals surface area contributed by atoms with Gasteiger partial charge in [-0.05, 0) is 18.1 Å². The Morgan fingerprint density at radius 2 is 1.52 bits per heavy atom. The summed E-state index contributed by atoms with van der Waals surface area (Å²) in [6, 6.07) is 19.3. The Morgan fingerprint density at radius 1 is 1.09 bits per heavy atom. The van der Waals surface area contributed by atoms with Gasteiger partial charge in [0, 0.05) is 6.54 Å². The Kier molecular flexibility index (Phi) is 5.86. The van der Waals surface area contributed by atoms with Crippen LogP contribution in [0.2, 0.25) is 0 Å². The summed E-state index contributed by atoms with van der Waals surface area (Å²) in [5.41, 5.74) is 1.98. The van der Waals surface area contributed by atoms with Crippen molar-refractivity contribution in [1.29, 1.82) is 0 Å². The Balaban J connectivity index is 2.54. The van der Waals surface area contributed by atoms with Crippen molar-refractivity contribution in [1.82, 2.24) is 4.90 Å². The summed E-state index contributed by atoms with van der Waals surface area (Å²) in [5, 5.41) is 0. The minimum absolute atomic E-state index is 0.278. The average molecular weight is 348 g/mol. The Hall–Kier alpha value is -1.77. The Labute approximate surface area is 147 Å². The second-order valence-electron chi connectivity index (χ2n) is 5.36. The molecule has 0 saturated heterocycles. The fourth-order valence-corrected chi connectivity index (χ4v) is 2.74.